The Morgan fingerprint density at radius 1 is 0.920 bits per heavy atom. The van der Waals surface area contributed by atoms with Crippen molar-refractivity contribution in [3.63, 3.8) is 0 Å². The maximum atomic E-state index is 13.3. The lowest BCUT2D eigenvalue weighted by molar-refractivity contribution is -0.137. The quantitative estimate of drug-likeness (QED) is 0.439. The fraction of sp³-hybridized carbons (Fsp3) is 0.0769. The minimum absolute atomic E-state index is 0.0830. The zero-order chi connectivity index (χ0) is 18.8. The van der Waals surface area contributed by atoms with E-state index in [1.165, 1.54) is 0 Å². The van der Waals surface area contributed by atoms with Crippen LogP contribution in [0.5, 0.6) is 0 Å². The molecule has 0 atom stereocenters. The summed E-state index contributed by atoms with van der Waals surface area (Å²) in [5, 5.41) is 2.03. The number of carbonyl (C=O) groups is 1. The highest BCUT2D eigenvalue weighted by molar-refractivity contribution is 5.90. The lowest BCUT2D eigenvalue weighted by atomic mass is 10.2. The molecule has 2 rings (SSSR count). The standard InChI is InChI=1S/C13H7F7N4O/c14-7-9(8(15)11(17)22-10(7)16)23-24-12(25)21-6-3-1-5(2-4-6)13(18,19)20/h1-4H,(H,22,23)(H2,21,24,25). The number of amides is 2. The number of carbonyl (C=O) groups excluding carboxylic acids is 1. The average Bonchev–Trinajstić information content (AvgIpc) is 2.52. The highest BCUT2D eigenvalue weighted by Gasteiger charge is 2.30. The Balaban J connectivity index is 2.02. The van der Waals surface area contributed by atoms with Gasteiger partial charge >= 0.3 is 12.2 Å². The molecule has 0 radical (unpaired) electrons. The molecular formula is C13H7F7N4O. The number of anilines is 2. The molecular weight excluding hydrogens is 361 g/mol. The first kappa shape index (κ1) is 18.3. The van der Waals surface area contributed by atoms with Crippen LogP contribution >= 0.6 is 0 Å². The van der Waals surface area contributed by atoms with Gasteiger partial charge in [0.15, 0.2) is 0 Å². The zero-order valence-corrected chi connectivity index (χ0v) is 11.8. The maximum Gasteiger partial charge on any atom is 0.416 e. The van der Waals surface area contributed by atoms with Crippen molar-refractivity contribution in [2.75, 3.05) is 10.7 Å². The number of hydrazine groups is 1. The first-order valence-electron chi connectivity index (χ1n) is 6.30. The highest BCUT2D eigenvalue weighted by Crippen LogP contribution is 2.29. The summed E-state index contributed by atoms with van der Waals surface area (Å²) in [5.74, 6) is -7.64. The van der Waals surface area contributed by atoms with Crippen LogP contribution in [0.25, 0.3) is 0 Å². The van der Waals surface area contributed by atoms with E-state index in [0.717, 1.165) is 12.1 Å². The Morgan fingerprint density at radius 3 is 1.92 bits per heavy atom. The molecule has 134 valence electrons. The third kappa shape index (κ3) is 4.28. The monoisotopic (exact) mass is 368 g/mol. The molecule has 2 amide bonds. The van der Waals surface area contributed by atoms with Crippen molar-refractivity contribution in [1.29, 1.82) is 0 Å². The first-order chi connectivity index (χ1) is 11.6. The Kier molecular flexibility index (Phi) is 4.99. The number of aromatic nitrogens is 1. The second kappa shape index (κ2) is 6.83. The number of urea groups is 1. The van der Waals surface area contributed by atoms with Gasteiger partial charge in [-0.25, -0.2) is 4.79 Å². The van der Waals surface area contributed by atoms with Crippen LogP contribution in [-0.4, -0.2) is 11.0 Å². The predicted molar refractivity (Wildman–Crippen MR) is 71.3 cm³/mol. The number of halogens is 7. The van der Waals surface area contributed by atoms with Crippen molar-refractivity contribution >= 4 is 17.4 Å². The third-order valence-corrected chi connectivity index (χ3v) is 2.77. The molecule has 0 saturated carbocycles. The van der Waals surface area contributed by atoms with E-state index >= 15 is 0 Å². The van der Waals surface area contributed by atoms with Crippen LogP contribution in [0.4, 0.5) is 46.9 Å². The average molecular weight is 368 g/mol. The molecule has 0 bridgehead atoms. The van der Waals surface area contributed by atoms with E-state index in [4.69, 9.17) is 0 Å². The van der Waals surface area contributed by atoms with Gasteiger partial charge in [-0.05, 0) is 24.3 Å². The molecule has 25 heavy (non-hydrogen) atoms. The van der Waals surface area contributed by atoms with Gasteiger partial charge in [-0.15, -0.1) is 0 Å². The molecule has 2 aromatic rings. The van der Waals surface area contributed by atoms with Gasteiger partial charge in [-0.2, -0.15) is 35.7 Å². The summed E-state index contributed by atoms with van der Waals surface area (Å²) in [4.78, 5) is 13.8. The zero-order valence-electron chi connectivity index (χ0n) is 11.8. The predicted octanol–water partition coefficient (Wildman–Crippen LogP) is 3.81. The molecule has 12 heteroatoms. The summed E-state index contributed by atoms with van der Waals surface area (Å²) < 4.78 is 89.5. The highest BCUT2D eigenvalue weighted by atomic mass is 19.4. The summed E-state index contributed by atoms with van der Waals surface area (Å²) in [5.41, 5.74) is 0.893. The van der Waals surface area contributed by atoms with Gasteiger partial charge < -0.3 is 5.32 Å². The van der Waals surface area contributed by atoms with Crippen LogP contribution in [-0.2, 0) is 6.18 Å². The Morgan fingerprint density at radius 2 is 1.44 bits per heavy atom. The van der Waals surface area contributed by atoms with Gasteiger partial charge in [-0.1, -0.05) is 0 Å². The van der Waals surface area contributed by atoms with E-state index in [1.807, 2.05) is 5.32 Å². The number of pyridine rings is 1. The number of hydrogen-bond donors (Lipinski definition) is 3. The van der Waals surface area contributed by atoms with Crippen molar-refractivity contribution in [2.24, 2.45) is 0 Å². The number of nitrogens with one attached hydrogen (secondary N) is 3. The molecule has 0 aliphatic rings. The summed E-state index contributed by atoms with van der Waals surface area (Å²) in [6.45, 7) is 0. The van der Waals surface area contributed by atoms with Crippen LogP contribution in [0.1, 0.15) is 5.56 Å². The van der Waals surface area contributed by atoms with Crippen LogP contribution in [0.3, 0.4) is 0 Å². The van der Waals surface area contributed by atoms with Crippen LogP contribution in [0, 0.1) is 23.5 Å². The van der Waals surface area contributed by atoms with E-state index in [1.54, 1.807) is 10.9 Å². The molecule has 0 unspecified atom stereocenters. The second-order valence-electron chi connectivity index (χ2n) is 4.48. The fourth-order valence-corrected chi connectivity index (χ4v) is 1.62. The molecule has 5 nitrogen and oxygen atoms in total. The van der Waals surface area contributed by atoms with Crippen molar-refractivity contribution in [3.8, 4) is 0 Å². The minimum atomic E-state index is -4.56. The molecule has 0 spiro atoms. The molecule has 0 saturated heterocycles. The number of alkyl halides is 3. The smallest absolute Gasteiger partial charge is 0.307 e. The topological polar surface area (TPSA) is 66.0 Å². The van der Waals surface area contributed by atoms with E-state index in [2.05, 4.69) is 4.98 Å². The third-order valence-electron chi connectivity index (χ3n) is 2.77. The second-order valence-corrected chi connectivity index (χ2v) is 4.48. The van der Waals surface area contributed by atoms with Crippen LogP contribution in [0.2, 0.25) is 0 Å². The summed E-state index contributed by atoms with van der Waals surface area (Å²) in [6, 6.07) is 2.06. The van der Waals surface area contributed by atoms with E-state index in [0.29, 0.717) is 12.1 Å². The van der Waals surface area contributed by atoms with Crippen molar-refractivity contribution in [3.05, 3.63) is 53.4 Å². The fourth-order valence-electron chi connectivity index (χ4n) is 1.62. The van der Waals surface area contributed by atoms with Gasteiger partial charge in [0, 0.05) is 5.69 Å². The largest absolute Gasteiger partial charge is 0.416 e. The Hall–Kier alpha value is -3.05. The van der Waals surface area contributed by atoms with E-state index in [-0.39, 0.29) is 5.69 Å². The van der Waals surface area contributed by atoms with Crippen molar-refractivity contribution < 1.29 is 35.5 Å². The molecule has 1 heterocycles. The summed E-state index contributed by atoms with van der Waals surface area (Å²) in [7, 11) is 0. The number of rotatable bonds is 3. The van der Waals surface area contributed by atoms with E-state index < -0.39 is 47.0 Å². The van der Waals surface area contributed by atoms with Crippen LogP contribution < -0.4 is 16.2 Å². The molecule has 1 aromatic carbocycles. The van der Waals surface area contributed by atoms with Gasteiger partial charge in [-0.3, -0.25) is 10.9 Å². The lowest BCUT2D eigenvalue weighted by Crippen LogP contribution is -2.34. The number of benzene rings is 1. The molecule has 0 aliphatic carbocycles. The molecule has 0 fully saturated rings. The summed E-state index contributed by atoms with van der Waals surface area (Å²) >= 11 is 0. The molecule has 0 aliphatic heterocycles. The first-order valence-corrected chi connectivity index (χ1v) is 6.30. The molecule has 1 aromatic heterocycles. The van der Waals surface area contributed by atoms with Gasteiger partial charge in [0.05, 0.1) is 5.56 Å². The minimum Gasteiger partial charge on any atom is -0.307 e. The Bertz CT molecular complexity index is 766. The van der Waals surface area contributed by atoms with Gasteiger partial charge in [0.25, 0.3) is 11.9 Å². The van der Waals surface area contributed by atoms with Crippen LogP contribution in [0.15, 0.2) is 24.3 Å². The van der Waals surface area contributed by atoms with Crippen molar-refractivity contribution in [2.45, 2.75) is 6.18 Å². The van der Waals surface area contributed by atoms with Crippen molar-refractivity contribution in [1.82, 2.24) is 10.4 Å². The molecule has 3 N–H and O–H groups in total. The number of nitrogens with zero attached hydrogens (tertiary/aromatic N) is 1. The van der Waals surface area contributed by atoms with Gasteiger partial charge in [0.2, 0.25) is 11.6 Å². The van der Waals surface area contributed by atoms with Gasteiger partial charge in [0.1, 0.15) is 5.69 Å². The Labute approximate surface area is 134 Å². The maximum absolute atomic E-state index is 13.3. The summed E-state index contributed by atoms with van der Waals surface area (Å²) in [6.07, 6.45) is -4.56. The normalized spacial score (nSPS) is 11.2. The SMILES string of the molecule is O=C(NNc1c(F)c(F)nc(F)c1F)Nc1ccc(C(F)(F)F)cc1. The number of hydrogen-bond acceptors (Lipinski definition) is 3. The lowest BCUT2D eigenvalue weighted by Gasteiger charge is -2.12. The van der Waals surface area contributed by atoms with E-state index in [9.17, 15) is 35.5 Å².